The largest absolute Gasteiger partial charge is 0.480 e. The number of nitrogens with one attached hydrogen (secondary N) is 2. The Balaban J connectivity index is 1.82. The van der Waals surface area contributed by atoms with Crippen molar-refractivity contribution in [2.75, 3.05) is 19.7 Å². The number of benzene rings is 2. The van der Waals surface area contributed by atoms with Crippen LogP contribution in [0.3, 0.4) is 0 Å². The second kappa shape index (κ2) is 8.18. The monoisotopic (exact) mass is 390 g/mol. The van der Waals surface area contributed by atoms with Crippen molar-refractivity contribution in [2.24, 2.45) is 0 Å². The van der Waals surface area contributed by atoms with Gasteiger partial charge in [0.05, 0.1) is 12.3 Å². The molecule has 8 heteroatoms. The molecule has 2 aromatic carbocycles. The number of aliphatic carboxylic acids is 1. The third-order valence-electron chi connectivity index (χ3n) is 4.44. The van der Waals surface area contributed by atoms with Crippen LogP contribution in [0.2, 0.25) is 0 Å². The first kappa shape index (κ1) is 19.5. The Morgan fingerprint density at radius 3 is 2.59 bits per heavy atom. The van der Waals surface area contributed by atoms with E-state index in [9.17, 15) is 13.2 Å². The Hall–Kier alpha value is -2.26. The van der Waals surface area contributed by atoms with Gasteiger partial charge < -0.3 is 9.84 Å². The highest BCUT2D eigenvalue weighted by molar-refractivity contribution is 7.88. The number of carbonyl (C=O) groups is 1. The van der Waals surface area contributed by atoms with E-state index in [0.717, 1.165) is 17.5 Å². The van der Waals surface area contributed by atoms with E-state index in [1.54, 1.807) is 24.3 Å². The summed E-state index contributed by atoms with van der Waals surface area (Å²) in [6.07, 6.45) is 0.755. The van der Waals surface area contributed by atoms with E-state index >= 15 is 0 Å². The van der Waals surface area contributed by atoms with Crippen LogP contribution in [0, 0.1) is 0 Å². The summed E-state index contributed by atoms with van der Waals surface area (Å²) in [6, 6.07) is 16.3. The fourth-order valence-corrected chi connectivity index (χ4v) is 4.36. The zero-order chi connectivity index (χ0) is 19.3. The Morgan fingerprint density at radius 1 is 1.15 bits per heavy atom. The van der Waals surface area contributed by atoms with Crippen molar-refractivity contribution in [1.82, 2.24) is 10.0 Å². The summed E-state index contributed by atoms with van der Waals surface area (Å²) >= 11 is 0. The van der Waals surface area contributed by atoms with Crippen LogP contribution in [-0.4, -0.2) is 39.2 Å². The molecule has 1 unspecified atom stereocenters. The molecule has 0 spiro atoms. The number of ether oxygens (including phenoxy) is 1. The van der Waals surface area contributed by atoms with Crippen molar-refractivity contribution in [1.29, 1.82) is 0 Å². The summed E-state index contributed by atoms with van der Waals surface area (Å²) in [5.74, 6) is -1.28. The lowest BCUT2D eigenvalue weighted by Gasteiger charge is -2.39. The summed E-state index contributed by atoms with van der Waals surface area (Å²) in [6.45, 7) is -0.0920. The summed E-state index contributed by atoms with van der Waals surface area (Å²) in [5, 5.41) is 12.2. The van der Waals surface area contributed by atoms with Gasteiger partial charge in [-0.2, -0.15) is 0 Å². The van der Waals surface area contributed by atoms with Gasteiger partial charge in [0, 0.05) is 12.1 Å². The minimum absolute atomic E-state index is 0.105. The molecule has 0 aromatic heterocycles. The molecule has 1 aliphatic rings. The van der Waals surface area contributed by atoms with E-state index in [2.05, 4.69) is 10.0 Å². The molecule has 7 nitrogen and oxygen atoms in total. The number of rotatable bonds is 8. The molecule has 3 rings (SSSR count). The third kappa shape index (κ3) is 4.92. The molecule has 2 aromatic rings. The molecule has 3 N–H and O–H groups in total. The van der Waals surface area contributed by atoms with Gasteiger partial charge >= 0.3 is 5.97 Å². The number of fused-ring (bicyclic) bond motifs is 1. The average molecular weight is 390 g/mol. The first-order valence-electron chi connectivity index (χ1n) is 8.61. The molecule has 27 heavy (non-hydrogen) atoms. The predicted octanol–water partition coefficient (Wildman–Crippen LogP) is 1.21. The first-order chi connectivity index (χ1) is 12.9. The van der Waals surface area contributed by atoms with Gasteiger partial charge in [0.15, 0.2) is 5.72 Å². The molecule has 144 valence electrons. The van der Waals surface area contributed by atoms with Crippen LogP contribution in [0.1, 0.15) is 16.7 Å². The highest BCUT2D eigenvalue weighted by Gasteiger charge is 2.39. The molecule has 0 saturated carbocycles. The van der Waals surface area contributed by atoms with Gasteiger partial charge in [0.2, 0.25) is 10.0 Å². The second-order valence-electron chi connectivity index (χ2n) is 6.41. The van der Waals surface area contributed by atoms with Crippen LogP contribution in [0.25, 0.3) is 0 Å². The van der Waals surface area contributed by atoms with Crippen LogP contribution in [0.4, 0.5) is 0 Å². The van der Waals surface area contributed by atoms with Crippen LogP contribution >= 0.6 is 0 Å². The molecule has 0 saturated heterocycles. The Kier molecular flexibility index (Phi) is 5.91. The van der Waals surface area contributed by atoms with Gasteiger partial charge in [-0.05, 0) is 17.5 Å². The van der Waals surface area contributed by atoms with Gasteiger partial charge in [-0.15, -0.1) is 0 Å². The minimum atomic E-state index is -3.63. The van der Waals surface area contributed by atoms with Crippen molar-refractivity contribution in [3.63, 3.8) is 0 Å². The van der Waals surface area contributed by atoms with E-state index in [1.165, 1.54) is 0 Å². The minimum Gasteiger partial charge on any atom is -0.480 e. The molecule has 0 bridgehead atoms. The molecular formula is C19H22N2O5S. The highest BCUT2D eigenvalue weighted by atomic mass is 32.2. The van der Waals surface area contributed by atoms with Gasteiger partial charge in [-0.1, -0.05) is 54.6 Å². The lowest BCUT2D eigenvalue weighted by atomic mass is 9.91. The summed E-state index contributed by atoms with van der Waals surface area (Å²) < 4.78 is 33.3. The molecule has 1 aliphatic heterocycles. The maximum atomic E-state index is 12.5. The number of hydrogen-bond donors (Lipinski definition) is 3. The topological polar surface area (TPSA) is 105 Å². The van der Waals surface area contributed by atoms with Gasteiger partial charge in [-0.3, -0.25) is 5.32 Å². The Labute approximate surface area is 158 Å². The SMILES string of the molecule is O=C(O)COC1(CNS(=O)(=O)Cc2ccccc2)NCCc2ccccc21. The first-order valence-corrected chi connectivity index (χ1v) is 10.3. The van der Waals surface area contributed by atoms with Gasteiger partial charge in [0.25, 0.3) is 0 Å². The maximum Gasteiger partial charge on any atom is 0.329 e. The van der Waals surface area contributed by atoms with Crippen LogP contribution in [0.15, 0.2) is 54.6 Å². The van der Waals surface area contributed by atoms with Gasteiger partial charge in [0.1, 0.15) is 6.61 Å². The van der Waals surface area contributed by atoms with Crippen molar-refractivity contribution >= 4 is 16.0 Å². The molecule has 0 amide bonds. The fraction of sp³-hybridized carbons (Fsp3) is 0.316. The standard InChI is InChI=1S/C19H22N2O5S/c22-18(23)12-26-19(17-9-5-4-8-16(17)10-11-20-19)14-21-27(24,25)13-15-6-2-1-3-7-15/h1-9,20-21H,10-14H2,(H,22,23). The maximum absolute atomic E-state index is 12.5. The van der Waals surface area contributed by atoms with E-state index in [0.29, 0.717) is 12.1 Å². The number of hydrogen-bond acceptors (Lipinski definition) is 5. The zero-order valence-electron chi connectivity index (χ0n) is 14.7. The van der Waals surface area contributed by atoms with Crippen LogP contribution < -0.4 is 10.0 Å². The molecule has 1 heterocycles. The predicted molar refractivity (Wildman–Crippen MR) is 100 cm³/mol. The van der Waals surface area contributed by atoms with E-state index in [1.807, 2.05) is 30.3 Å². The second-order valence-corrected chi connectivity index (χ2v) is 8.22. The van der Waals surface area contributed by atoms with Crippen molar-refractivity contribution < 1.29 is 23.1 Å². The summed E-state index contributed by atoms with van der Waals surface area (Å²) in [5.41, 5.74) is 1.20. The lowest BCUT2D eigenvalue weighted by Crippen LogP contribution is -2.56. The summed E-state index contributed by atoms with van der Waals surface area (Å²) in [4.78, 5) is 11.0. The molecule has 0 fully saturated rings. The fourth-order valence-electron chi connectivity index (χ4n) is 3.21. The van der Waals surface area contributed by atoms with Crippen LogP contribution in [-0.2, 0) is 37.5 Å². The third-order valence-corrected chi connectivity index (χ3v) is 5.74. The van der Waals surface area contributed by atoms with Crippen molar-refractivity contribution in [2.45, 2.75) is 17.9 Å². The van der Waals surface area contributed by atoms with Crippen LogP contribution in [0.5, 0.6) is 0 Å². The molecular weight excluding hydrogens is 368 g/mol. The Morgan fingerprint density at radius 2 is 1.85 bits per heavy atom. The normalized spacial score (nSPS) is 19.4. The quantitative estimate of drug-likeness (QED) is 0.626. The molecule has 0 aliphatic carbocycles. The van der Waals surface area contributed by atoms with Crippen molar-refractivity contribution in [3.05, 3.63) is 71.3 Å². The zero-order valence-corrected chi connectivity index (χ0v) is 15.5. The van der Waals surface area contributed by atoms with E-state index in [4.69, 9.17) is 9.84 Å². The van der Waals surface area contributed by atoms with E-state index < -0.39 is 28.3 Å². The Bertz CT molecular complexity index is 901. The van der Waals surface area contributed by atoms with E-state index in [-0.39, 0.29) is 12.3 Å². The number of sulfonamides is 1. The lowest BCUT2D eigenvalue weighted by molar-refractivity contribution is -0.153. The number of carboxylic acids is 1. The number of carboxylic acid groups (broad SMARTS) is 1. The van der Waals surface area contributed by atoms with Crippen molar-refractivity contribution in [3.8, 4) is 0 Å². The average Bonchev–Trinajstić information content (AvgIpc) is 2.65. The smallest absolute Gasteiger partial charge is 0.329 e. The van der Waals surface area contributed by atoms with Gasteiger partial charge in [-0.25, -0.2) is 17.9 Å². The summed E-state index contributed by atoms with van der Waals surface area (Å²) in [7, 11) is -3.63. The highest BCUT2D eigenvalue weighted by Crippen LogP contribution is 2.30. The molecule has 0 radical (unpaired) electrons. The molecule has 1 atom stereocenters.